The number of thiazole rings is 1. The third-order valence-corrected chi connectivity index (χ3v) is 7.27. The zero-order valence-electron chi connectivity index (χ0n) is 21.7. The van der Waals surface area contributed by atoms with Crippen LogP contribution in [0, 0.1) is 5.92 Å². The van der Waals surface area contributed by atoms with Gasteiger partial charge in [0.15, 0.2) is 0 Å². The Labute approximate surface area is 224 Å². The molecule has 0 radical (unpaired) electrons. The Kier molecular flexibility index (Phi) is 11.3. The average Bonchev–Trinajstić information content (AvgIpc) is 3.28. The highest BCUT2D eigenvalue weighted by Crippen LogP contribution is 2.15. The van der Waals surface area contributed by atoms with Crippen LogP contribution in [-0.4, -0.2) is 63.3 Å². The van der Waals surface area contributed by atoms with Gasteiger partial charge in [-0.1, -0.05) is 31.7 Å². The molecule has 2 bridgehead atoms. The number of allylic oxidation sites excluding steroid dienone is 1. The first kappa shape index (κ1) is 30.5. The third kappa shape index (κ3) is 9.56. The van der Waals surface area contributed by atoms with Crippen LogP contribution in [0.2, 0.25) is 0 Å². The number of aromatic nitrogens is 1. The number of carbonyl (C=O) groups is 5. The Morgan fingerprint density at radius 2 is 2.00 bits per heavy atom. The molecule has 0 saturated heterocycles. The van der Waals surface area contributed by atoms with Crippen molar-refractivity contribution in [3.8, 4) is 0 Å². The smallest absolute Gasteiger partial charge is 0.329 e. The summed E-state index contributed by atoms with van der Waals surface area (Å²) in [6.07, 6.45) is 2.78. The lowest BCUT2D eigenvalue weighted by Gasteiger charge is -2.29. The van der Waals surface area contributed by atoms with Crippen molar-refractivity contribution >= 4 is 51.9 Å². The zero-order valence-corrected chi connectivity index (χ0v) is 23.3. The van der Waals surface area contributed by atoms with Crippen LogP contribution < -0.4 is 21.7 Å². The van der Waals surface area contributed by atoms with Gasteiger partial charge in [-0.15, -0.1) is 11.3 Å². The topological polar surface area (TPSA) is 170 Å². The van der Waals surface area contributed by atoms with Gasteiger partial charge in [0.2, 0.25) is 16.9 Å². The second-order valence-electron chi connectivity index (χ2n) is 9.53. The van der Waals surface area contributed by atoms with Gasteiger partial charge in [0.05, 0.1) is 19.0 Å². The number of esters is 1. The molecule has 1 aromatic heterocycles. The third-order valence-electron chi connectivity index (χ3n) is 5.33. The Morgan fingerprint density at radius 1 is 1.30 bits per heavy atom. The van der Waals surface area contributed by atoms with E-state index in [1.165, 1.54) is 25.2 Å². The van der Waals surface area contributed by atoms with Gasteiger partial charge in [-0.2, -0.15) is 0 Å². The molecule has 3 atom stereocenters. The van der Waals surface area contributed by atoms with Gasteiger partial charge in [0, 0.05) is 11.1 Å². The van der Waals surface area contributed by atoms with Gasteiger partial charge in [0.1, 0.15) is 28.4 Å². The molecule has 0 spiro atoms. The van der Waals surface area contributed by atoms with Crippen molar-refractivity contribution in [2.75, 3.05) is 5.75 Å². The summed E-state index contributed by atoms with van der Waals surface area (Å²) in [7, 11) is 0. The van der Waals surface area contributed by atoms with Crippen molar-refractivity contribution in [3.63, 3.8) is 0 Å². The minimum absolute atomic E-state index is 0.0929. The highest BCUT2D eigenvalue weighted by molar-refractivity contribution is 8.13. The number of fused-ring (bicyclic) bond motifs is 2. The molecule has 0 aromatic carbocycles. The van der Waals surface area contributed by atoms with Crippen molar-refractivity contribution in [2.45, 2.75) is 77.7 Å². The first-order valence-corrected chi connectivity index (χ1v) is 13.8. The molecule has 3 amide bonds. The van der Waals surface area contributed by atoms with Crippen LogP contribution in [0.5, 0.6) is 0 Å². The maximum Gasteiger partial charge on any atom is 0.329 e. The lowest BCUT2D eigenvalue weighted by Crippen LogP contribution is -2.59. The van der Waals surface area contributed by atoms with Crippen LogP contribution in [-0.2, 0) is 30.5 Å². The number of rotatable bonds is 6. The van der Waals surface area contributed by atoms with E-state index < -0.39 is 41.5 Å². The van der Waals surface area contributed by atoms with Gasteiger partial charge in [0.25, 0.3) is 5.91 Å². The van der Waals surface area contributed by atoms with Crippen LogP contribution in [0.15, 0.2) is 17.5 Å². The number of carbonyl (C=O) groups excluding carboxylic acids is 5. The monoisotopic (exact) mass is 553 g/mol. The van der Waals surface area contributed by atoms with Gasteiger partial charge >= 0.3 is 5.97 Å². The van der Waals surface area contributed by atoms with Gasteiger partial charge in [-0.05, 0) is 39.2 Å². The molecule has 13 heteroatoms. The standard InChI is InChI=1S/C24H35N5O6S2/c1-13(2)19-21(32)35-15(8-6-7-9-36-22(33)14(3)25)10-17(30)26-11-18-27-16(12-37-18)20(31)29-24(4,5)23(34)28-19/h6,8,12-15,19H,7,9-11,25H2,1-5H3,(H,26,30)(H,28,34)(H,29,31)/b8-6+/t14-,15-,19+/m1/s1. The summed E-state index contributed by atoms with van der Waals surface area (Å²) >= 11 is 2.31. The van der Waals surface area contributed by atoms with Crippen molar-refractivity contribution < 1.29 is 28.7 Å². The number of nitrogens with two attached hydrogens (primary N) is 1. The van der Waals surface area contributed by atoms with Crippen LogP contribution in [0.25, 0.3) is 0 Å². The van der Waals surface area contributed by atoms with E-state index in [2.05, 4.69) is 20.9 Å². The first-order valence-electron chi connectivity index (χ1n) is 11.9. The Balaban J connectivity index is 2.25. The number of hydrogen-bond acceptors (Lipinski definition) is 10. The molecule has 1 aromatic rings. The molecule has 0 unspecified atom stereocenters. The Bertz CT molecular complexity index is 1040. The van der Waals surface area contributed by atoms with Gasteiger partial charge < -0.3 is 26.4 Å². The van der Waals surface area contributed by atoms with Crippen molar-refractivity contribution in [2.24, 2.45) is 11.7 Å². The molecular formula is C24H35N5O6S2. The number of nitrogens with one attached hydrogen (secondary N) is 3. The van der Waals surface area contributed by atoms with E-state index in [1.54, 1.807) is 38.3 Å². The molecule has 2 heterocycles. The fraction of sp³-hybridized carbons (Fsp3) is 0.583. The molecule has 2 rings (SSSR count). The minimum Gasteiger partial charge on any atom is -0.456 e. The van der Waals surface area contributed by atoms with Crippen LogP contribution in [0.1, 0.15) is 63.0 Å². The number of cyclic esters (lactones) is 1. The molecule has 1 aliphatic heterocycles. The summed E-state index contributed by atoms with van der Waals surface area (Å²) in [4.78, 5) is 67.2. The summed E-state index contributed by atoms with van der Waals surface area (Å²) in [5.41, 5.74) is 4.35. The first-order chi connectivity index (χ1) is 17.3. The van der Waals surface area contributed by atoms with E-state index in [9.17, 15) is 24.0 Å². The molecule has 37 heavy (non-hydrogen) atoms. The maximum atomic E-state index is 13.1. The van der Waals surface area contributed by atoms with Gasteiger partial charge in [-0.25, -0.2) is 9.78 Å². The zero-order chi connectivity index (χ0) is 27.8. The van der Waals surface area contributed by atoms with E-state index in [1.807, 2.05) is 0 Å². The number of amides is 3. The summed E-state index contributed by atoms with van der Waals surface area (Å²) in [5.74, 6) is -2.05. The minimum atomic E-state index is -1.34. The van der Waals surface area contributed by atoms with Crippen LogP contribution >= 0.6 is 23.1 Å². The molecule has 204 valence electrons. The Hall–Kier alpha value is -2.77. The highest BCUT2D eigenvalue weighted by atomic mass is 32.2. The quantitative estimate of drug-likeness (QED) is 0.230. The summed E-state index contributed by atoms with van der Waals surface area (Å²) < 4.78 is 5.63. The number of hydrogen-bond donors (Lipinski definition) is 4. The maximum absolute atomic E-state index is 13.1. The van der Waals surface area contributed by atoms with Gasteiger partial charge in [-0.3, -0.25) is 19.2 Å². The average molecular weight is 554 g/mol. The summed E-state index contributed by atoms with van der Waals surface area (Å²) in [6, 6.07) is -1.57. The summed E-state index contributed by atoms with van der Waals surface area (Å²) in [5, 5.41) is 9.96. The molecule has 0 fully saturated rings. The van der Waals surface area contributed by atoms with Crippen LogP contribution in [0.4, 0.5) is 0 Å². The second-order valence-corrected chi connectivity index (χ2v) is 11.6. The van der Waals surface area contributed by atoms with E-state index in [-0.39, 0.29) is 35.6 Å². The predicted octanol–water partition coefficient (Wildman–Crippen LogP) is 1.28. The highest BCUT2D eigenvalue weighted by Gasteiger charge is 2.36. The number of thioether (sulfide) groups is 1. The largest absolute Gasteiger partial charge is 0.456 e. The molecule has 0 saturated carbocycles. The fourth-order valence-corrected chi connectivity index (χ4v) is 4.56. The van der Waals surface area contributed by atoms with E-state index in [0.29, 0.717) is 17.2 Å². The molecular weight excluding hydrogens is 518 g/mol. The summed E-state index contributed by atoms with van der Waals surface area (Å²) in [6.45, 7) is 8.26. The molecule has 5 N–H and O–H groups in total. The predicted molar refractivity (Wildman–Crippen MR) is 142 cm³/mol. The van der Waals surface area contributed by atoms with Crippen molar-refractivity contribution in [3.05, 3.63) is 28.2 Å². The normalized spacial score (nSPS) is 22.2. The van der Waals surface area contributed by atoms with Crippen molar-refractivity contribution in [1.82, 2.24) is 20.9 Å². The molecule has 1 aliphatic rings. The fourth-order valence-electron chi connectivity index (χ4n) is 3.13. The van der Waals surface area contributed by atoms with E-state index in [0.717, 1.165) is 11.8 Å². The molecule has 11 nitrogen and oxygen atoms in total. The van der Waals surface area contributed by atoms with Crippen molar-refractivity contribution in [1.29, 1.82) is 0 Å². The number of nitrogens with zero attached hydrogens (tertiary/aromatic N) is 1. The molecule has 0 aliphatic carbocycles. The van der Waals surface area contributed by atoms with Crippen LogP contribution in [0.3, 0.4) is 0 Å². The lowest BCUT2D eigenvalue weighted by molar-refractivity contribution is -0.153. The van der Waals surface area contributed by atoms with E-state index >= 15 is 0 Å². The SMILES string of the molecule is CC(C)[C@@H]1NC(=O)C(C)(C)NC(=O)c2csc(n2)CNC(=O)C[C@@H](/C=C/CCSC(=O)[C@@H](C)N)OC1=O. The Morgan fingerprint density at radius 3 is 2.65 bits per heavy atom. The lowest BCUT2D eigenvalue weighted by atomic mass is 9.99. The van der Waals surface area contributed by atoms with E-state index in [4.69, 9.17) is 10.5 Å². The second kappa shape index (κ2) is 13.7. The number of ether oxygens (including phenoxy) is 1.